The quantitative estimate of drug-likeness (QED) is 0.533. The molecular weight excluding hydrogens is 198 g/mol. The van der Waals surface area contributed by atoms with Crippen molar-refractivity contribution in [3.63, 3.8) is 0 Å². The van der Waals surface area contributed by atoms with Gasteiger partial charge < -0.3 is 19.9 Å². The average molecular weight is 219 g/mol. The summed E-state index contributed by atoms with van der Waals surface area (Å²) in [6.07, 6.45) is 1.73. The zero-order chi connectivity index (χ0) is 11.5. The number of methoxy groups -OCH3 is 2. The smallest absolute Gasteiger partial charge is 0.220 e. The van der Waals surface area contributed by atoms with Gasteiger partial charge in [0.2, 0.25) is 5.91 Å². The monoisotopic (exact) mass is 219 g/mol. The normalized spacial score (nSPS) is 12.5. The molecule has 0 radical (unpaired) electrons. The molecule has 90 valence electrons. The molecule has 5 nitrogen and oxygen atoms in total. The molecule has 0 spiro atoms. The van der Waals surface area contributed by atoms with Gasteiger partial charge in [0.05, 0.1) is 12.7 Å². The lowest BCUT2D eigenvalue weighted by Gasteiger charge is -2.14. The first-order valence-corrected chi connectivity index (χ1v) is 5.13. The van der Waals surface area contributed by atoms with E-state index in [1.54, 1.807) is 14.2 Å². The molecule has 0 aromatic rings. The topological polar surface area (TPSA) is 67.8 Å². The largest absolute Gasteiger partial charge is 0.396 e. The second-order valence-corrected chi connectivity index (χ2v) is 3.30. The molecular formula is C10H21NO4. The van der Waals surface area contributed by atoms with Gasteiger partial charge in [0.25, 0.3) is 0 Å². The highest BCUT2D eigenvalue weighted by atomic mass is 16.5. The van der Waals surface area contributed by atoms with Crippen LogP contribution in [-0.2, 0) is 14.3 Å². The molecule has 15 heavy (non-hydrogen) atoms. The Hall–Kier alpha value is -0.650. The first-order chi connectivity index (χ1) is 7.24. The van der Waals surface area contributed by atoms with Crippen LogP contribution in [0.3, 0.4) is 0 Å². The summed E-state index contributed by atoms with van der Waals surface area (Å²) in [6, 6.07) is 0. The second kappa shape index (κ2) is 9.89. The Morgan fingerprint density at radius 1 is 1.40 bits per heavy atom. The van der Waals surface area contributed by atoms with Gasteiger partial charge in [-0.15, -0.1) is 0 Å². The first kappa shape index (κ1) is 14.3. The third kappa shape index (κ3) is 8.35. The van der Waals surface area contributed by atoms with E-state index in [9.17, 15) is 4.79 Å². The van der Waals surface area contributed by atoms with E-state index >= 15 is 0 Å². The van der Waals surface area contributed by atoms with Crippen LogP contribution in [-0.4, -0.2) is 51.1 Å². The summed E-state index contributed by atoms with van der Waals surface area (Å²) in [5.41, 5.74) is 0. The second-order valence-electron chi connectivity index (χ2n) is 3.30. The van der Waals surface area contributed by atoms with Crippen LogP contribution in [0.4, 0.5) is 0 Å². The van der Waals surface area contributed by atoms with Gasteiger partial charge in [-0.3, -0.25) is 4.79 Å². The Morgan fingerprint density at radius 2 is 2.13 bits per heavy atom. The summed E-state index contributed by atoms with van der Waals surface area (Å²) in [5, 5.41) is 11.3. The highest BCUT2D eigenvalue weighted by Crippen LogP contribution is 1.95. The van der Waals surface area contributed by atoms with E-state index in [2.05, 4.69) is 5.32 Å². The maximum Gasteiger partial charge on any atom is 0.220 e. The van der Waals surface area contributed by atoms with E-state index in [0.29, 0.717) is 32.4 Å². The van der Waals surface area contributed by atoms with Crippen molar-refractivity contribution in [2.24, 2.45) is 0 Å². The Balaban J connectivity index is 3.50. The van der Waals surface area contributed by atoms with E-state index in [-0.39, 0.29) is 18.6 Å². The minimum Gasteiger partial charge on any atom is -0.396 e. The third-order valence-electron chi connectivity index (χ3n) is 2.02. The number of carbonyl (C=O) groups is 1. The van der Waals surface area contributed by atoms with E-state index in [0.717, 1.165) is 0 Å². The number of ether oxygens (including phenoxy) is 2. The van der Waals surface area contributed by atoms with Crippen LogP contribution < -0.4 is 5.32 Å². The molecule has 0 aromatic heterocycles. The number of amides is 1. The molecule has 1 unspecified atom stereocenters. The Kier molecular flexibility index (Phi) is 9.46. The number of carbonyl (C=O) groups excluding carboxylic acids is 1. The van der Waals surface area contributed by atoms with Crippen LogP contribution in [0, 0.1) is 0 Å². The van der Waals surface area contributed by atoms with Crippen LogP contribution in [0.25, 0.3) is 0 Å². The summed E-state index contributed by atoms with van der Waals surface area (Å²) < 4.78 is 10.0. The third-order valence-corrected chi connectivity index (χ3v) is 2.02. The molecule has 0 bridgehead atoms. The molecule has 1 amide bonds. The van der Waals surface area contributed by atoms with Crippen molar-refractivity contribution in [3.8, 4) is 0 Å². The molecule has 0 saturated heterocycles. The van der Waals surface area contributed by atoms with Crippen LogP contribution in [0.15, 0.2) is 0 Å². The van der Waals surface area contributed by atoms with Crippen LogP contribution in [0.5, 0.6) is 0 Å². The SMILES string of the molecule is COCC(CNC(=O)CCCCO)OC. The number of rotatable bonds is 9. The summed E-state index contributed by atoms with van der Waals surface area (Å²) in [4.78, 5) is 11.3. The predicted molar refractivity (Wildman–Crippen MR) is 56.6 cm³/mol. The lowest BCUT2D eigenvalue weighted by molar-refractivity contribution is -0.122. The van der Waals surface area contributed by atoms with Crippen molar-refractivity contribution in [3.05, 3.63) is 0 Å². The fraction of sp³-hybridized carbons (Fsp3) is 0.900. The molecule has 0 heterocycles. The van der Waals surface area contributed by atoms with Gasteiger partial charge >= 0.3 is 0 Å². The minimum absolute atomic E-state index is 0.0124. The molecule has 0 aliphatic heterocycles. The Labute approximate surface area is 90.8 Å². The van der Waals surface area contributed by atoms with Crippen molar-refractivity contribution < 1.29 is 19.4 Å². The van der Waals surface area contributed by atoms with Crippen LogP contribution in [0.2, 0.25) is 0 Å². The molecule has 0 aromatic carbocycles. The maximum atomic E-state index is 11.3. The van der Waals surface area contributed by atoms with E-state index < -0.39 is 0 Å². The van der Waals surface area contributed by atoms with Gasteiger partial charge in [-0.25, -0.2) is 0 Å². The number of aliphatic hydroxyl groups excluding tert-OH is 1. The summed E-state index contributed by atoms with van der Waals surface area (Å²) >= 11 is 0. The molecule has 0 rings (SSSR count). The van der Waals surface area contributed by atoms with Crippen molar-refractivity contribution >= 4 is 5.91 Å². The highest BCUT2D eigenvalue weighted by molar-refractivity contribution is 5.75. The summed E-state index contributed by atoms with van der Waals surface area (Å²) in [7, 11) is 3.18. The van der Waals surface area contributed by atoms with Crippen LogP contribution in [0.1, 0.15) is 19.3 Å². The van der Waals surface area contributed by atoms with Gasteiger partial charge in [-0.2, -0.15) is 0 Å². The molecule has 0 fully saturated rings. The van der Waals surface area contributed by atoms with Gasteiger partial charge in [0.1, 0.15) is 0 Å². The number of hydrogen-bond acceptors (Lipinski definition) is 4. The fourth-order valence-electron chi connectivity index (χ4n) is 1.11. The minimum atomic E-state index is -0.100. The average Bonchev–Trinajstić information content (AvgIpc) is 2.24. The molecule has 0 aliphatic rings. The lowest BCUT2D eigenvalue weighted by atomic mass is 10.2. The molecule has 2 N–H and O–H groups in total. The standard InChI is InChI=1S/C10H21NO4/c1-14-8-9(15-2)7-11-10(13)5-3-4-6-12/h9,12H,3-8H2,1-2H3,(H,11,13). The van der Waals surface area contributed by atoms with Crippen molar-refractivity contribution in [2.45, 2.75) is 25.4 Å². The molecule has 1 atom stereocenters. The van der Waals surface area contributed by atoms with Crippen molar-refractivity contribution in [2.75, 3.05) is 34.0 Å². The zero-order valence-electron chi connectivity index (χ0n) is 9.49. The number of aliphatic hydroxyl groups is 1. The molecule has 0 aliphatic carbocycles. The zero-order valence-corrected chi connectivity index (χ0v) is 9.49. The van der Waals surface area contributed by atoms with Crippen LogP contribution >= 0.6 is 0 Å². The maximum absolute atomic E-state index is 11.3. The van der Waals surface area contributed by atoms with Gasteiger partial charge in [-0.05, 0) is 12.8 Å². The van der Waals surface area contributed by atoms with E-state index in [1.807, 2.05) is 0 Å². The van der Waals surface area contributed by atoms with Crippen molar-refractivity contribution in [1.82, 2.24) is 5.32 Å². The van der Waals surface area contributed by atoms with E-state index in [1.165, 1.54) is 0 Å². The molecule has 0 saturated carbocycles. The van der Waals surface area contributed by atoms with Crippen molar-refractivity contribution in [1.29, 1.82) is 0 Å². The first-order valence-electron chi connectivity index (χ1n) is 5.13. The van der Waals surface area contributed by atoms with Gasteiger partial charge in [-0.1, -0.05) is 0 Å². The Bertz CT molecular complexity index is 164. The lowest BCUT2D eigenvalue weighted by Crippen LogP contribution is -2.35. The number of unbranched alkanes of at least 4 members (excludes halogenated alkanes) is 1. The number of hydrogen-bond donors (Lipinski definition) is 2. The molecule has 5 heteroatoms. The highest BCUT2D eigenvalue weighted by Gasteiger charge is 2.08. The summed E-state index contributed by atoms with van der Waals surface area (Å²) in [6.45, 7) is 1.06. The predicted octanol–water partition coefficient (Wildman–Crippen LogP) is -0.0734. The number of nitrogens with one attached hydrogen (secondary N) is 1. The fourth-order valence-corrected chi connectivity index (χ4v) is 1.11. The van der Waals surface area contributed by atoms with Gasteiger partial charge in [0.15, 0.2) is 0 Å². The van der Waals surface area contributed by atoms with E-state index in [4.69, 9.17) is 14.6 Å². The van der Waals surface area contributed by atoms with Gasteiger partial charge in [0, 0.05) is 33.8 Å². The Morgan fingerprint density at radius 3 is 2.67 bits per heavy atom. The summed E-state index contributed by atoms with van der Waals surface area (Å²) in [5.74, 6) is -0.0124.